The number of carbonyl (C=O) groups excluding carboxylic acids is 5. The van der Waals surface area contributed by atoms with E-state index < -0.39 is 18.0 Å². The van der Waals surface area contributed by atoms with Crippen molar-refractivity contribution in [2.45, 2.75) is 53.7 Å². The SMILES string of the molecule is C=Cc1cccc(C)c1.C=Cc1cccc(C)c1.CCNC(=O)OCCOC(=O)c1ccccc1Sc1cccc2c1C(=O)c1cccc(Sc3ccccc3C(=O)OCCOC(=N)CC)c1C2=O. The molecule has 69 heavy (non-hydrogen) atoms. The molecule has 0 radical (unpaired) electrons. The number of nitrogens with one attached hydrogen (secondary N) is 2. The molecule has 0 unspecified atom stereocenters. The maximum atomic E-state index is 14.1. The van der Waals surface area contributed by atoms with Crippen LogP contribution >= 0.6 is 23.5 Å². The molecular formula is C56H54N2O9S2. The average molecular weight is 963 g/mol. The minimum absolute atomic E-state index is 0.0368. The Morgan fingerprint density at radius 1 is 0.551 bits per heavy atom. The Balaban J connectivity index is 0.000000408. The van der Waals surface area contributed by atoms with Gasteiger partial charge >= 0.3 is 18.0 Å². The predicted octanol–water partition coefficient (Wildman–Crippen LogP) is 12.5. The Hall–Kier alpha value is -7.48. The van der Waals surface area contributed by atoms with Gasteiger partial charge in [0.2, 0.25) is 0 Å². The van der Waals surface area contributed by atoms with E-state index in [-0.39, 0.29) is 77.3 Å². The number of ether oxygens (including phenoxy) is 4. The first-order chi connectivity index (χ1) is 33.4. The highest BCUT2D eigenvalue weighted by atomic mass is 32.2. The molecule has 0 aromatic heterocycles. The van der Waals surface area contributed by atoms with Crippen molar-refractivity contribution in [3.8, 4) is 0 Å². The molecule has 1 amide bonds. The van der Waals surface area contributed by atoms with Crippen LogP contribution in [-0.2, 0) is 18.9 Å². The Kier molecular flexibility index (Phi) is 20.4. The first kappa shape index (κ1) is 52.5. The third kappa shape index (κ3) is 15.0. The van der Waals surface area contributed by atoms with Crippen molar-refractivity contribution >= 4 is 71.2 Å². The van der Waals surface area contributed by atoms with E-state index in [0.717, 1.165) is 11.8 Å². The fourth-order valence-electron chi connectivity index (χ4n) is 6.65. The largest absolute Gasteiger partial charge is 0.478 e. The zero-order valence-corrected chi connectivity index (χ0v) is 40.6. The topological polar surface area (TPSA) is 158 Å². The number of hydrogen-bond donors (Lipinski definition) is 2. The van der Waals surface area contributed by atoms with Crippen LogP contribution in [0.3, 0.4) is 0 Å². The highest BCUT2D eigenvalue weighted by Gasteiger charge is 2.34. The summed E-state index contributed by atoms with van der Waals surface area (Å²) >= 11 is 2.35. The van der Waals surface area contributed by atoms with E-state index >= 15 is 0 Å². The summed E-state index contributed by atoms with van der Waals surface area (Å²) in [5, 5.41) is 10.1. The molecule has 1 aliphatic carbocycles. The van der Waals surface area contributed by atoms with Gasteiger partial charge in [-0.2, -0.15) is 0 Å². The normalized spacial score (nSPS) is 10.9. The molecule has 7 rings (SSSR count). The zero-order valence-electron chi connectivity index (χ0n) is 39.0. The van der Waals surface area contributed by atoms with Crippen molar-refractivity contribution in [2.75, 3.05) is 33.0 Å². The van der Waals surface area contributed by atoms with Gasteiger partial charge in [-0.25, -0.2) is 14.4 Å². The highest BCUT2D eigenvalue weighted by molar-refractivity contribution is 7.99. The van der Waals surface area contributed by atoms with E-state index in [1.807, 2.05) is 36.4 Å². The fraction of sp³-hybridized carbons (Fsp3) is 0.179. The summed E-state index contributed by atoms with van der Waals surface area (Å²) in [6.45, 7) is 15.2. The molecule has 6 aromatic rings. The number of aryl methyl sites for hydroxylation is 2. The second kappa shape index (κ2) is 26.8. The minimum Gasteiger partial charge on any atom is -0.478 e. The molecule has 0 atom stereocenters. The highest BCUT2D eigenvalue weighted by Crippen LogP contribution is 2.42. The maximum Gasteiger partial charge on any atom is 0.407 e. The number of benzene rings is 6. The Labute approximate surface area is 411 Å². The molecule has 0 bridgehead atoms. The molecule has 0 saturated heterocycles. The summed E-state index contributed by atoms with van der Waals surface area (Å²) in [4.78, 5) is 67.8. The van der Waals surface area contributed by atoms with Gasteiger partial charge in [0.1, 0.15) is 26.4 Å². The summed E-state index contributed by atoms with van der Waals surface area (Å²) in [5.41, 5.74) is 6.38. The smallest absolute Gasteiger partial charge is 0.407 e. The molecule has 2 N–H and O–H groups in total. The van der Waals surface area contributed by atoms with Crippen LogP contribution in [0.25, 0.3) is 12.2 Å². The molecule has 6 aromatic carbocycles. The molecule has 354 valence electrons. The van der Waals surface area contributed by atoms with E-state index in [0.29, 0.717) is 32.5 Å². The van der Waals surface area contributed by atoms with Crippen LogP contribution in [0.4, 0.5) is 4.79 Å². The Morgan fingerprint density at radius 2 is 0.957 bits per heavy atom. The van der Waals surface area contributed by atoms with Gasteiger partial charge in [0.25, 0.3) is 0 Å². The van der Waals surface area contributed by atoms with Crippen LogP contribution in [0.15, 0.2) is 166 Å². The second-order valence-corrected chi connectivity index (χ2v) is 17.2. The molecule has 0 saturated carbocycles. The lowest BCUT2D eigenvalue weighted by Crippen LogP contribution is -2.25. The molecule has 13 heteroatoms. The van der Waals surface area contributed by atoms with Crippen LogP contribution in [0.1, 0.15) is 95.1 Å². The van der Waals surface area contributed by atoms with Gasteiger partial charge in [0, 0.05) is 54.8 Å². The number of hydrogen-bond acceptors (Lipinski definition) is 12. The minimum atomic E-state index is -0.633. The quantitative estimate of drug-likeness (QED) is 0.0312. The molecule has 0 aliphatic heterocycles. The van der Waals surface area contributed by atoms with Crippen molar-refractivity contribution in [2.24, 2.45) is 0 Å². The lowest BCUT2D eigenvalue weighted by molar-refractivity contribution is 0.0397. The molecule has 0 heterocycles. The molecule has 11 nitrogen and oxygen atoms in total. The number of esters is 2. The number of alkyl carbamates (subject to hydrolysis) is 1. The summed E-state index contributed by atoms with van der Waals surface area (Å²) in [5.74, 6) is -1.81. The molecule has 0 spiro atoms. The Bertz CT molecular complexity index is 2790. The number of rotatable bonds is 16. The monoisotopic (exact) mass is 962 g/mol. The first-order valence-corrected chi connectivity index (χ1v) is 23.7. The van der Waals surface area contributed by atoms with Crippen LogP contribution < -0.4 is 5.32 Å². The molecule has 1 aliphatic rings. The van der Waals surface area contributed by atoms with Crippen molar-refractivity contribution < 1.29 is 42.9 Å². The Morgan fingerprint density at radius 3 is 1.36 bits per heavy atom. The van der Waals surface area contributed by atoms with Crippen LogP contribution in [0.2, 0.25) is 0 Å². The van der Waals surface area contributed by atoms with Gasteiger partial charge in [0.05, 0.1) is 11.1 Å². The van der Waals surface area contributed by atoms with Gasteiger partial charge in [0.15, 0.2) is 17.5 Å². The van der Waals surface area contributed by atoms with Crippen LogP contribution in [0.5, 0.6) is 0 Å². The number of fused-ring (bicyclic) bond motifs is 2. The number of ketones is 2. The van der Waals surface area contributed by atoms with E-state index in [9.17, 15) is 24.0 Å². The van der Waals surface area contributed by atoms with Crippen molar-refractivity contribution in [3.05, 3.63) is 202 Å². The molecule has 0 fully saturated rings. The third-order valence-corrected chi connectivity index (χ3v) is 12.3. The third-order valence-electron chi connectivity index (χ3n) is 9.99. The summed E-state index contributed by atoms with van der Waals surface area (Å²) in [7, 11) is 0. The van der Waals surface area contributed by atoms with E-state index in [1.54, 1.807) is 98.8 Å². The second-order valence-electron chi connectivity index (χ2n) is 15.0. The van der Waals surface area contributed by atoms with Crippen LogP contribution in [-0.4, -0.2) is 68.5 Å². The average Bonchev–Trinajstić information content (AvgIpc) is 3.36. The number of carbonyl (C=O) groups is 5. The van der Waals surface area contributed by atoms with Gasteiger partial charge in [-0.3, -0.25) is 15.0 Å². The van der Waals surface area contributed by atoms with E-state index in [1.165, 1.54) is 34.0 Å². The van der Waals surface area contributed by atoms with Gasteiger partial charge < -0.3 is 24.3 Å². The maximum absolute atomic E-state index is 14.1. The van der Waals surface area contributed by atoms with E-state index in [2.05, 4.69) is 56.6 Å². The van der Waals surface area contributed by atoms with Crippen LogP contribution in [0, 0.1) is 19.3 Å². The summed E-state index contributed by atoms with van der Waals surface area (Å²) in [6, 6.07) is 40.1. The number of amides is 1. The van der Waals surface area contributed by atoms with E-state index in [4.69, 9.17) is 24.4 Å². The fourth-order valence-corrected chi connectivity index (χ4v) is 8.84. The molecular weight excluding hydrogens is 909 g/mol. The van der Waals surface area contributed by atoms with Gasteiger partial charge in [-0.05, 0) is 68.3 Å². The standard InChI is InChI=1S/C38H34N2O9S2.2C9H10/c1-3-31(39)46-19-20-47-36(43)23-11-5-7-15-27(23)50-29-17-9-13-25-32(29)34(41)26-14-10-18-30(33(26)35(25)42)51-28-16-8-6-12-24(28)37(44)48-21-22-49-38(45)40-4-2;2*1-3-9-6-4-5-8(2)7-9/h5-18,39H,3-4,19-22H2,1-2H3,(H,40,45);2*3-7H,1H2,2H3. The predicted molar refractivity (Wildman–Crippen MR) is 273 cm³/mol. The summed E-state index contributed by atoms with van der Waals surface area (Å²) < 4.78 is 20.9. The first-order valence-electron chi connectivity index (χ1n) is 22.1. The van der Waals surface area contributed by atoms with Crippen molar-refractivity contribution in [1.82, 2.24) is 5.32 Å². The lowest BCUT2D eigenvalue weighted by Gasteiger charge is -2.22. The van der Waals surface area contributed by atoms with Gasteiger partial charge in [-0.15, -0.1) is 0 Å². The summed E-state index contributed by atoms with van der Waals surface area (Å²) in [6.07, 6.45) is 3.54. The van der Waals surface area contributed by atoms with Crippen molar-refractivity contribution in [3.63, 3.8) is 0 Å². The van der Waals surface area contributed by atoms with Crippen molar-refractivity contribution in [1.29, 1.82) is 5.41 Å². The lowest BCUT2D eigenvalue weighted by atomic mass is 9.84. The zero-order chi connectivity index (χ0) is 49.7. The van der Waals surface area contributed by atoms with Gasteiger partial charge in [-0.1, -0.05) is 164 Å².